The Morgan fingerprint density at radius 3 is 2.01 bits per heavy atom. The zero-order chi connectivity index (χ0) is 64.0. The number of Topliss-reactive ketones (excluding diaryl/α,β-unsaturated/α-hetero) is 1. The number of ketones is 1. The highest BCUT2D eigenvalue weighted by atomic mass is 16.7. The molecule has 0 aromatic rings. The average Bonchev–Trinajstić information content (AvgIpc) is 2.13. The van der Waals surface area contributed by atoms with Gasteiger partial charge in [0.15, 0.2) is 6.29 Å². The van der Waals surface area contributed by atoms with Crippen LogP contribution in [-0.4, -0.2) is 189 Å². The first-order chi connectivity index (χ1) is 40.9. The molecule has 0 saturated carbocycles. The third-order valence-corrected chi connectivity index (χ3v) is 15.3. The maximum Gasteiger partial charge on any atom is 0.306 e. The lowest BCUT2D eigenvalue weighted by Crippen LogP contribution is -2.58. The largest absolute Gasteiger partial charge is 0.458 e. The molecule has 0 aliphatic carbocycles. The van der Waals surface area contributed by atoms with Gasteiger partial charge < -0.3 is 86.3 Å². The summed E-state index contributed by atoms with van der Waals surface area (Å²) < 4.78 is 17.7. The molecule has 0 aromatic heterocycles. The fraction of sp³-hybridized carbons (Fsp3) is 0.642. The van der Waals surface area contributed by atoms with Gasteiger partial charge in [-0.3, -0.25) is 9.59 Å². The molecule has 0 amide bonds. The van der Waals surface area contributed by atoms with E-state index >= 15 is 0 Å². The van der Waals surface area contributed by atoms with Crippen LogP contribution < -0.4 is 5.73 Å². The van der Waals surface area contributed by atoms with E-state index < -0.39 is 134 Å². The molecule has 0 radical (unpaired) electrons. The molecule has 0 bridgehead atoms. The molecule has 1 fully saturated rings. The second-order valence-electron chi connectivity index (χ2n) is 23.1. The van der Waals surface area contributed by atoms with E-state index in [4.69, 9.17) is 19.9 Å². The molecule has 15 N–H and O–H groups in total. The maximum absolute atomic E-state index is 13.9. The van der Waals surface area contributed by atoms with Gasteiger partial charge in [-0.1, -0.05) is 142 Å². The highest BCUT2D eigenvalue weighted by molar-refractivity contribution is 5.81. The SMILES string of the molecule is C=CCCC1=CCC(O[C@@H]2O[C@@H](C)[C@H](O)[C@@H](O)[C@H]2O)C(C)C(=O)CC(O)C[C@H](O)C[C@H](O)C=CC[C@@H](O)C[C@H](O)C[C@@H](O)C[C@@H](/C=C/C[C@@H](O)/C=C/C[C@H](O)CCCN)OC(=O)CCC=CC=CC=CC=CC=CC(C)[C@H](O)[C@@H](C)[C@H](O)C=CCC1. The molecule has 2 heterocycles. The summed E-state index contributed by atoms with van der Waals surface area (Å²) in [4.78, 5) is 26.8. The molecule has 2 aliphatic rings. The van der Waals surface area contributed by atoms with Crippen LogP contribution in [0.4, 0.5) is 0 Å². The van der Waals surface area contributed by atoms with Crippen molar-refractivity contribution in [2.45, 2.75) is 247 Å². The number of hydrogen-bond acceptors (Lipinski definition) is 19. The molecule has 488 valence electrons. The molecule has 2 aliphatic heterocycles. The number of allylic oxidation sites excluding steroid dienone is 12. The Labute approximate surface area is 511 Å². The Kier molecular flexibility index (Phi) is 40.7. The van der Waals surface area contributed by atoms with Crippen LogP contribution in [0, 0.1) is 17.8 Å². The quantitative estimate of drug-likeness (QED) is 0.0774. The topological polar surface area (TPSA) is 351 Å². The molecule has 2 rings (SSSR count). The summed E-state index contributed by atoms with van der Waals surface area (Å²) >= 11 is 0. The molecule has 1 saturated heterocycles. The summed E-state index contributed by atoms with van der Waals surface area (Å²) in [6.45, 7) is 11.1. The summed E-state index contributed by atoms with van der Waals surface area (Å²) in [5, 5.41) is 140. The molecule has 19 nitrogen and oxygen atoms in total. The van der Waals surface area contributed by atoms with Gasteiger partial charge in [-0.05, 0) is 109 Å². The third kappa shape index (κ3) is 33.8. The van der Waals surface area contributed by atoms with Crippen molar-refractivity contribution in [3.63, 3.8) is 0 Å². The van der Waals surface area contributed by atoms with Crippen molar-refractivity contribution >= 4 is 11.8 Å². The summed E-state index contributed by atoms with van der Waals surface area (Å²) in [6, 6.07) is 0. The van der Waals surface area contributed by atoms with Gasteiger partial charge >= 0.3 is 5.97 Å². The highest BCUT2D eigenvalue weighted by Gasteiger charge is 2.44. The van der Waals surface area contributed by atoms with Crippen LogP contribution in [0.3, 0.4) is 0 Å². The lowest BCUT2D eigenvalue weighted by molar-refractivity contribution is -0.306. The zero-order valence-electron chi connectivity index (χ0n) is 51.2. The Morgan fingerprint density at radius 1 is 0.674 bits per heavy atom. The molecular formula is C67H107NO18. The van der Waals surface area contributed by atoms with Crippen LogP contribution in [0.15, 0.2) is 134 Å². The number of ether oxygens (including phenoxy) is 3. The van der Waals surface area contributed by atoms with Crippen LogP contribution in [0.2, 0.25) is 0 Å². The summed E-state index contributed by atoms with van der Waals surface area (Å²) in [5.74, 6) is -2.68. The van der Waals surface area contributed by atoms with Crippen molar-refractivity contribution in [2.75, 3.05) is 6.54 Å². The fourth-order valence-electron chi connectivity index (χ4n) is 9.81. The van der Waals surface area contributed by atoms with Crippen molar-refractivity contribution in [3.05, 3.63) is 134 Å². The average molecular weight is 1210 g/mol. The normalized spacial score (nSPS) is 34.4. The van der Waals surface area contributed by atoms with E-state index in [-0.39, 0.29) is 63.7 Å². The highest BCUT2D eigenvalue weighted by Crippen LogP contribution is 2.29. The lowest BCUT2D eigenvalue weighted by atomic mass is 9.88. The predicted octanol–water partition coefficient (Wildman–Crippen LogP) is 5.31. The summed E-state index contributed by atoms with van der Waals surface area (Å²) in [6.07, 6.45) is 18.6. The molecule has 86 heavy (non-hydrogen) atoms. The summed E-state index contributed by atoms with van der Waals surface area (Å²) in [7, 11) is 0. The Balaban J connectivity index is 2.33. The van der Waals surface area contributed by atoms with Gasteiger partial charge in [0.1, 0.15) is 30.2 Å². The van der Waals surface area contributed by atoms with E-state index in [0.717, 1.165) is 5.57 Å². The van der Waals surface area contributed by atoms with Gasteiger partial charge in [0, 0.05) is 43.4 Å². The minimum Gasteiger partial charge on any atom is -0.458 e. The second kappa shape index (κ2) is 45.0. The number of aliphatic hydroxyl groups is 13. The van der Waals surface area contributed by atoms with Crippen LogP contribution in [0.25, 0.3) is 0 Å². The van der Waals surface area contributed by atoms with E-state index in [9.17, 15) is 76.0 Å². The van der Waals surface area contributed by atoms with Gasteiger partial charge in [0.2, 0.25) is 0 Å². The first kappa shape index (κ1) is 77.7. The minimum absolute atomic E-state index is 0.000868. The molecule has 0 aromatic carbocycles. The second-order valence-corrected chi connectivity index (χ2v) is 23.1. The van der Waals surface area contributed by atoms with Gasteiger partial charge in [0.25, 0.3) is 0 Å². The molecule has 19 heteroatoms. The van der Waals surface area contributed by atoms with Crippen LogP contribution in [0.1, 0.15) is 143 Å². The number of esters is 1. The number of rotatable bonds is 14. The lowest BCUT2D eigenvalue weighted by Gasteiger charge is -2.41. The number of cyclic esters (lactones) is 1. The van der Waals surface area contributed by atoms with Gasteiger partial charge in [0.05, 0.1) is 73.2 Å². The zero-order valence-corrected chi connectivity index (χ0v) is 51.2. The van der Waals surface area contributed by atoms with Crippen LogP contribution >= 0.6 is 0 Å². The van der Waals surface area contributed by atoms with Crippen molar-refractivity contribution in [1.82, 2.24) is 0 Å². The minimum atomic E-state index is -1.65. The number of aliphatic hydroxyl groups excluding tert-OH is 13. The number of carbonyl (C=O) groups excluding carboxylic acids is 2. The number of carbonyl (C=O) groups is 2. The van der Waals surface area contributed by atoms with Gasteiger partial charge in [-0.25, -0.2) is 0 Å². The summed E-state index contributed by atoms with van der Waals surface area (Å²) in [5.41, 5.74) is 6.50. The predicted molar refractivity (Wildman–Crippen MR) is 332 cm³/mol. The van der Waals surface area contributed by atoms with Crippen LogP contribution in [0.5, 0.6) is 0 Å². The number of hydrogen-bond donors (Lipinski definition) is 14. The van der Waals surface area contributed by atoms with Crippen molar-refractivity contribution < 1.29 is 90.2 Å². The van der Waals surface area contributed by atoms with E-state index in [1.165, 1.54) is 19.1 Å². The van der Waals surface area contributed by atoms with E-state index in [0.29, 0.717) is 57.9 Å². The van der Waals surface area contributed by atoms with Crippen molar-refractivity contribution in [3.8, 4) is 0 Å². The van der Waals surface area contributed by atoms with Gasteiger partial charge in [-0.2, -0.15) is 0 Å². The Hall–Kier alpha value is -4.36. The molecule has 0 spiro atoms. The van der Waals surface area contributed by atoms with Crippen molar-refractivity contribution in [1.29, 1.82) is 0 Å². The molecule has 4 unspecified atom stereocenters. The van der Waals surface area contributed by atoms with E-state index in [2.05, 4.69) is 6.58 Å². The Morgan fingerprint density at radius 2 is 1.31 bits per heavy atom. The standard InChI is InChI=1S/C67H107NO18/c1-6-7-25-49-26-18-19-34-59(77)47(4)63(80)45(2)24-16-14-12-10-8-9-11-13-15-17-35-62(79)85-58(33-22-29-50(69)27-20-28-51(70)32-23-38-68)43-56(75)41-54(73)39-52(71)30-21-31-53(72)40-55(74)42-57(76)44-60(78)46(3)61(37-36-49)86-67-66(83)65(82)64(81)48(5)84-67/h6,8-16,19-22,24,27,31,33-34,36,45-48,50-59,61,63-67,69-77,80-83H,1,7,17-18,23,25-26,28-30,32,35,37-44,68H2,2-5H3/b10-8?,11-9?,14-12?,15-13?,24-16?,27-20+,31-21?,33-22+,34-19?,49-36?/t45?,46?,47-,48-,50-,51-,52+,53+,54-,55+,56+,57?,58+,59+,61?,63-,64-,65+,66+,67-/m0/s1. The molecular weight excluding hydrogens is 1110 g/mol. The third-order valence-electron chi connectivity index (χ3n) is 15.3. The monoisotopic (exact) mass is 1210 g/mol. The number of nitrogens with two attached hydrogens (primary N) is 1. The fourth-order valence-corrected chi connectivity index (χ4v) is 9.81. The maximum atomic E-state index is 13.9. The van der Waals surface area contributed by atoms with Crippen molar-refractivity contribution in [2.24, 2.45) is 23.5 Å². The first-order valence-corrected chi connectivity index (χ1v) is 30.8. The smallest absolute Gasteiger partial charge is 0.306 e. The van der Waals surface area contributed by atoms with E-state index in [1.54, 1.807) is 68.5 Å². The van der Waals surface area contributed by atoms with Gasteiger partial charge in [-0.15, -0.1) is 6.58 Å². The van der Waals surface area contributed by atoms with E-state index in [1.807, 2.05) is 61.6 Å². The molecule has 20 atom stereocenters. The Bertz CT molecular complexity index is 2190. The first-order valence-electron chi connectivity index (χ1n) is 30.8. The van der Waals surface area contributed by atoms with Crippen LogP contribution in [-0.2, 0) is 23.8 Å².